The SMILES string of the molecule is c1ccc(-c2c(-c3ccccc3)c3cc(-c4cccc(N(c5ccccc5)c5cccc(-c6cccc7c6sc6ccccc67)c5)c4)ccc3c3ccccc23)cc1. The molecule has 0 N–H and O–H groups in total. The van der Waals surface area contributed by atoms with Gasteiger partial charge >= 0.3 is 0 Å². The summed E-state index contributed by atoms with van der Waals surface area (Å²) in [7, 11) is 0. The zero-order chi connectivity index (χ0) is 38.4. The molecule has 0 atom stereocenters. The first-order valence-electron chi connectivity index (χ1n) is 19.8. The second-order valence-electron chi connectivity index (χ2n) is 14.8. The number of benzene rings is 10. The monoisotopic (exact) mass is 755 g/mol. The molecule has 0 aliphatic heterocycles. The highest BCUT2D eigenvalue weighted by Crippen LogP contribution is 2.47. The Morgan fingerprint density at radius 3 is 1.48 bits per heavy atom. The highest BCUT2D eigenvalue weighted by molar-refractivity contribution is 7.26. The Kier molecular flexibility index (Phi) is 8.42. The maximum absolute atomic E-state index is 2.41. The van der Waals surface area contributed by atoms with Gasteiger partial charge in [0, 0.05) is 37.2 Å². The standard InChI is InChI=1S/C56H37NS/c1-4-17-38(18-5-1)54-50-29-11-10-27-47(50)48-34-33-41(37-52(48)55(54)39-19-6-2-7-20-39)40-21-14-25-44(35-40)57(43-23-8-3-9-24-43)45-26-15-22-42(36-45)46-30-16-31-51-49-28-12-13-32-53(49)58-56(46)51/h1-37H. The van der Waals surface area contributed by atoms with E-state index in [9.17, 15) is 0 Å². The summed E-state index contributed by atoms with van der Waals surface area (Å²) in [6.45, 7) is 0. The van der Waals surface area contributed by atoms with Gasteiger partial charge in [-0.2, -0.15) is 0 Å². The van der Waals surface area contributed by atoms with Crippen LogP contribution in [0.2, 0.25) is 0 Å². The van der Waals surface area contributed by atoms with Gasteiger partial charge in [0.25, 0.3) is 0 Å². The van der Waals surface area contributed by atoms with Crippen LogP contribution in [0.25, 0.3) is 86.2 Å². The molecule has 0 aliphatic rings. The summed E-state index contributed by atoms with van der Waals surface area (Å²) in [4.78, 5) is 2.38. The molecule has 0 saturated heterocycles. The average molecular weight is 756 g/mol. The number of hydrogen-bond acceptors (Lipinski definition) is 2. The van der Waals surface area contributed by atoms with Crippen LogP contribution in [-0.4, -0.2) is 0 Å². The molecule has 0 unspecified atom stereocenters. The molecule has 0 bridgehead atoms. The Hall–Kier alpha value is -7.26. The molecule has 0 radical (unpaired) electrons. The molecule has 58 heavy (non-hydrogen) atoms. The first-order chi connectivity index (χ1) is 28.8. The summed E-state index contributed by atoms with van der Waals surface area (Å²) in [5, 5.41) is 7.65. The number of rotatable bonds is 7. The zero-order valence-corrected chi connectivity index (χ0v) is 32.5. The van der Waals surface area contributed by atoms with E-state index in [0.29, 0.717) is 0 Å². The van der Waals surface area contributed by atoms with Crippen LogP contribution in [0.1, 0.15) is 0 Å². The Labute approximate surface area is 342 Å². The minimum Gasteiger partial charge on any atom is -0.310 e. The van der Waals surface area contributed by atoms with Crippen molar-refractivity contribution in [2.45, 2.75) is 0 Å². The number of anilines is 3. The third-order valence-electron chi connectivity index (χ3n) is 11.4. The van der Waals surface area contributed by atoms with Gasteiger partial charge in [0.15, 0.2) is 0 Å². The lowest BCUT2D eigenvalue weighted by Gasteiger charge is -2.26. The van der Waals surface area contributed by atoms with Gasteiger partial charge < -0.3 is 4.90 Å². The fourth-order valence-corrected chi connectivity index (χ4v) is 10.1. The molecular weight excluding hydrogens is 719 g/mol. The lowest BCUT2D eigenvalue weighted by molar-refractivity contribution is 1.28. The van der Waals surface area contributed by atoms with E-state index in [0.717, 1.165) is 17.1 Å². The van der Waals surface area contributed by atoms with Gasteiger partial charge in [-0.25, -0.2) is 0 Å². The van der Waals surface area contributed by atoms with Crippen LogP contribution in [0.15, 0.2) is 224 Å². The van der Waals surface area contributed by atoms with E-state index in [-0.39, 0.29) is 0 Å². The summed E-state index contributed by atoms with van der Waals surface area (Å²) in [5.41, 5.74) is 13.1. The summed E-state index contributed by atoms with van der Waals surface area (Å²) in [6.07, 6.45) is 0. The van der Waals surface area contributed by atoms with Crippen molar-refractivity contribution in [2.75, 3.05) is 4.90 Å². The predicted molar refractivity (Wildman–Crippen MR) is 251 cm³/mol. The Bertz CT molecular complexity index is 3270. The number of thiophene rings is 1. The third kappa shape index (κ3) is 5.86. The van der Waals surface area contributed by atoms with Crippen molar-refractivity contribution >= 4 is 70.1 Å². The van der Waals surface area contributed by atoms with E-state index in [2.05, 4.69) is 229 Å². The first-order valence-corrected chi connectivity index (χ1v) is 20.7. The van der Waals surface area contributed by atoms with Crippen LogP contribution in [0.4, 0.5) is 17.1 Å². The molecule has 0 fully saturated rings. The first kappa shape index (κ1) is 34.0. The molecule has 272 valence electrons. The van der Waals surface area contributed by atoms with Crippen LogP contribution >= 0.6 is 11.3 Å². The summed E-state index contributed by atoms with van der Waals surface area (Å²) in [5.74, 6) is 0. The minimum atomic E-state index is 1.10. The second kappa shape index (κ2) is 14.4. The molecular formula is C56H37NS. The number of nitrogens with zero attached hydrogens (tertiary/aromatic N) is 1. The highest BCUT2D eigenvalue weighted by atomic mass is 32.1. The smallest absolute Gasteiger partial charge is 0.0467 e. The number of fused-ring (bicyclic) bond motifs is 6. The molecule has 0 saturated carbocycles. The molecule has 0 aliphatic carbocycles. The van der Waals surface area contributed by atoms with Gasteiger partial charge in [-0.3, -0.25) is 0 Å². The van der Waals surface area contributed by atoms with Gasteiger partial charge in [-0.05, 0) is 115 Å². The maximum atomic E-state index is 2.41. The third-order valence-corrected chi connectivity index (χ3v) is 12.6. The van der Waals surface area contributed by atoms with Crippen LogP contribution in [0.5, 0.6) is 0 Å². The molecule has 1 heterocycles. The fourth-order valence-electron chi connectivity index (χ4n) is 8.82. The van der Waals surface area contributed by atoms with Gasteiger partial charge in [0.2, 0.25) is 0 Å². The Balaban J connectivity index is 1.08. The van der Waals surface area contributed by atoms with Crippen molar-refractivity contribution in [3.8, 4) is 44.5 Å². The number of hydrogen-bond donors (Lipinski definition) is 0. The normalized spacial score (nSPS) is 11.4. The molecule has 1 aromatic heterocycles. The van der Waals surface area contributed by atoms with Crippen LogP contribution in [-0.2, 0) is 0 Å². The van der Waals surface area contributed by atoms with Crippen molar-refractivity contribution in [2.24, 2.45) is 0 Å². The van der Waals surface area contributed by atoms with Crippen molar-refractivity contribution < 1.29 is 0 Å². The molecule has 1 nitrogen and oxygen atoms in total. The lowest BCUT2D eigenvalue weighted by Crippen LogP contribution is -2.10. The van der Waals surface area contributed by atoms with E-state index in [1.165, 1.54) is 86.2 Å². The number of para-hydroxylation sites is 1. The second-order valence-corrected chi connectivity index (χ2v) is 15.9. The highest BCUT2D eigenvalue weighted by Gasteiger charge is 2.20. The largest absolute Gasteiger partial charge is 0.310 e. The quantitative estimate of drug-likeness (QED) is 0.146. The van der Waals surface area contributed by atoms with Crippen molar-refractivity contribution in [3.63, 3.8) is 0 Å². The minimum absolute atomic E-state index is 1.10. The van der Waals surface area contributed by atoms with Crippen LogP contribution < -0.4 is 4.90 Å². The van der Waals surface area contributed by atoms with Gasteiger partial charge in [-0.1, -0.05) is 176 Å². The molecule has 0 spiro atoms. The van der Waals surface area contributed by atoms with E-state index in [1.54, 1.807) is 0 Å². The zero-order valence-electron chi connectivity index (χ0n) is 31.7. The molecule has 0 amide bonds. The van der Waals surface area contributed by atoms with Crippen molar-refractivity contribution in [1.29, 1.82) is 0 Å². The van der Waals surface area contributed by atoms with Crippen LogP contribution in [0.3, 0.4) is 0 Å². The van der Waals surface area contributed by atoms with E-state index >= 15 is 0 Å². The molecule has 2 heteroatoms. The van der Waals surface area contributed by atoms with Crippen molar-refractivity contribution in [3.05, 3.63) is 224 Å². The fraction of sp³-hybridized carbons (Fsp3) is 0. The summed E-state index contributed by atoms with van der Waals surface area (Å²) < 4.78 is 2.64. The Morgan fingerprint density at radius 1 is 0.276 bits per heavy atom. The molecule has 10 aromatic carbocycles. The van der Waals surface area contributed by atoms with Crippen molar-refractivity contribution in [1.82, 2.24) is 0 Å². The Morgan fingerprint density at radius 2 is 0.759 bits per heavy atom. The lowest BCUT2D eigenvalue weighted by atomic mass is 9.84. The molecule has 11 aromatic rings. The molecule has 11 rings (SSSR count). The topological polar surface area (TPSA) is 3.24 Å². The van der Waals surface area contributed by atoms with Gasteiger partial charge in [0.1, 0.15) is 0 Å². The van der Waals surface area contributed by atoms with Crippen LogP contribution in [0, 0.1) is 0 Å². The van der Waals surface area contributed by atoms with E-state index < -0.39 is 0 Å². The average Bonchev–Trinajstić information content (AvgIpc) is 3.69. The predicted octanol–water partition coefficient (Wildman–Crippen LogP) is 16.5. The van der Waals surface area contributed by atoms with Gasteiger partial charge in [0.05, 0.1) is 0 Å². The van der Waals surface area contributed by atoms with E-state index in [1.807, 2.05) is 11.3 Å². The van der Waals surface area contributed by atoms with Gasteiger partial charge in [-0.15, -0.1) is 11.3 Å². The van der Waals surface area contributed by atoms with E-state index in [4.69, 9.17) is 0 Å². The summed E-state index contributed by atoms with van der Waals surface area (Å²) >= 11 is 1.88. The summed E-state index contributed by atoms with van der Waals surface area (Å²) in [6, 6.07) is 81.8. The maximum Gasteiger partial charge on any atom is 0.0467 e.